The van der Waals surface area contributed by atoms with Crippen molar-refractivity contribution in [2.45, 2.75) is 27.2 Å². The number of anilines is 1. The lowest BCUT2D eigenvalue weighted by atomic mass is 10.1. The Hall–Kier alpha value is -1.68. The van der Waals surface area contributed by atoms with Crippen molar-refractivity contribution in [3.8, 4) is 11.3 Å². The summed E-state index contributed by atoms with van der Waals surface area (Å²) in [6.07, 6.45) is 0.947. The molecule has 0 aliphatic rings. The van der Waals surface area contributed by atoms with Crippen LogP contribution in [0.4, 0.5) is 5.13 Å². The molecule has 1 aromatic heterocycles. The highest BCUT2D eigenvalue weighted by molar-refractivity contribution is 7.15. The molecule has 0 saturated carbocycles. The van der Waals surface area contributed by atoms with Crippen LogP contribution < -0.4 is 5.43 Å². The van der Waals surface area contributed by atoms with Crippen LogP contribution in [-0.4, -0.2) is 10.7 Å². The lowest BCUT2D eigenvalue weighted by Crippen LogP contribution is -1.95. The van der Waals surface area contributed by atoms with Gasteiger partial charge in [0.2, 0.25) is 5.13 Å². The van der Waals surface area contributed by atoms with Crippen LogP contribution in [-0.2, 0) is 0 Å². The maximum Gasteiger partial charge on any atom is 0.204 e. The topological polar surface area (TPSA) is 37.3 Å². The molecule has 2 rings (SSSR count). The van der Waals surface area contributed by atoms with E-state index in [0.717, 1.165) is 28.5 Å². The van der Waals surface area contributed by atoms with E-state index in [4.69, 9.17) is 0 Å². The minimum absolute atomic E-state index is 0.846. The SMILES string of the molecule is CC/C(C)=N/Nc1nc(-c2ccccc2)c(C)s1. The quantitative estimate of drug-likeness (QED) is 0.656. The first kappa shape index (κ1) is 12.8. The number of rotatable bonds is 4. The maximum atomic E-state index is 4.59. The smallest absolute Gasteiger partial charge is 0.204 e. The van der Waals surface area contributed by atoms with E-state index in [-0.39, 0.29) is 0 Å². The number of thiazole rings is 1. The van der Waals surface area contributed by atoms with Crippen molar-refractivity contribution in [1.82, 2.24) is 4.98 Å². The fourth-order valence-electron chi connectivity index (χ4n) is 1.53. The number of aromatic nitrogens is 1. The fourth-order valence-corrected chi connectivity index (χ4v) is 2.31. The second-order valence-corrected chi connectivity index (χ2v) is 5.31. The van der Waals surface area contributed by atoms with Gasteiger partial charge in [-0.25, -0.2) is 4.98 Å². The third-order valence-electron chi connectivity index (χ3n) is 2.70. The molecule has 94 valence electrons. The predicted molar refractivity (Wildman–Crippen MR) is 79.3 cm³/mol. The highest BCUT2D eigenvalue weighted by Crippen LogP contribution is 2.30. The molecule has 0 spiro atoms. The molecule has 0 radical (unpaired) electrons. The average molecular weight is 259 g/mol. The van der Waals surface area contributed by atoms with E-state index in [9.17, 15) is 0 Å². The second kappa shape index (κ2) is 5.78. The lowest BCUT2D eigenvalue weighted by Gasteiger charge is -1.97. The molecule has 4 heteroatoms. The standard InChI is InChI=1S/C14H17N3S/c1-4-10(2)16-17-14-15-13(11(3)18-14)12-8-6-5-7-9-12/h5-9H,4H2,1-3H3,(H,15,17)/b16-10+. The summed E-state index contributed by atoms with van der Waals surface area (Å²) in [4.78, 5) is 5.79. The van der Waals surface area contributed by atoms with E-state index in [1.165, 1.54) is 4.88 Å². The Labute approximate surface area is 112 Å². The molecule has 1 N–H and O–H groups in total. The summed E-state index contributed by atoms with van der Waals surface area (Å²) < 4.78 is 0. The van der Waals surface area contributed by atoms with Gasteiger partial charge in [0, 0.05) is 16.2 Å². The predicted octanol–water partition coefficient (Wildman–Crippen LogP) is 4.32. The molecule has 2 aromatic rings. The van der Waals surface area contributed by atoms with Gasteiger partial charge in [-0.05, 0) is 20.3 Å². The van der Waals surface area contributed by atoms with Crippen LogP contribution >= 0.6 is 11.3 Å². The highest BCUT2D eigenvalue weighted by atomic mass is 32.1. The number of nitrogens with one attached hydrogen (secondary N) is 1. The van der Waals surface area contributed by atoms with Gasteiger partial charge in [-0.1, -0.05) is 37.3 Å². The van der Waals surface area contributed by atoms with Gasteiger partial charge in [-0.15, -0.1) is 11.3 Å². The number of hydrogen-bond acceptors (Lipinski definition) is 4. The van der Waals surface area contributed by atoms with Gasteiger partial charge in [0.1, 0.15) is 0 Å². The van der Waals surface area contributed by atoms with Gasteiger partial charge in [-0.3, -0.25) is 5.43 Å². The molecule has 1 aromatic carbocycles. The molecule has 0 aliphatic heterocycles. The van der Waals surface area contributed by atoms with E-state index in [0.29, 0.717) is 0 Å². The summed E-state index contributed by atoms with van der Waals surface area (Å²) in [5.74, 6) is 0. The number of hydrazone groups is 1. The Kier molecular flexibility index (Phi) is 4.10. The van der Waals surface area contributed by atoms with Crippen LogP contribution in [0.25, 0.3) is 11.3 Å². The molecule has 3 nitrogen and oxygen atoms in total. The van der Waals surface area contributed by atoms with Gasteiger partial charge >= 0.3 is 0 Å². The Balaban J connectivity index is 2.23. The zero-order chi connectivity index (χ0) is 13.0. The van der Waals surface area contributed by atoms with Crippen LogP contribution in [0.1, 0.15) is 25.1 Å². The first-order valence-electron chi connectivity index (χ1n) is 6.02. The maximum absolute atomic E-state index is 4.59. The van der Waals surface area contributed by atoms with Crippen molar-refractivity contribution in [3.63, 3.8) is 0 Å². The summed E-state index contributed by atoms with van der Waals surface area (Å²) in [5.41, 5.74) is 6.28. The molecule has 1 heterocycles. The zero-order valence-corrected chi connectivity index (χ0v) is 11.7. The van der Waals surface area contributed by atoms with Crippen LogP contribution in [0.2, 0.25) is 0 Å². The van der Waals surface area contributed by atoms with Crippen molar-refractivity contribution in [3.05, 3.63) is 35.2 Å². The molecule has 18 heavy (non-hydrogen) atoms. The normalized spacial score (nSPS) is 11.6. The summed E-state index contributed by atoms with van der Waals surface area (Å²) in [6, 6.07) is 10.2. The van der Waals surface area contributed by atoms with E-state index in [2.05, 4.69) is 41.5 Å². The van der Waals surface area contributed by atoms with Crippen molar-refractivity contribution >= 4 is 22.2 Å². The average Bonchev–Trinajstić information content (AvgIpc) is 2.78. The van der Waals surface area contributed by atoms with Gasteiger partial charge in [0.05, 0.1) is 5.69 Å². The summed E-state index contributed by atoms with van der Waals surface area (Å²) in [5, 5.41) is 5.12. The number of aryl methyl sites for hydroxylation is 1. The third-order valence-corrected chi connectivity index (χ3v) is 3.57. The van der Waals surface area contributed by atoms with Gasteiger partial charge in [0.25, 0.3) is 0 Å². The van der Waals surface area contributed by atoms with Gasteiger partial charge in [-0.2, -0.15) is 5.10 Å². The molecular formula is C14H17N3S. The van der Waals surface area contributed by atoms with Crippen molar-refractivity contribution in [1.29, 1.82) is 0 Å². The van der Waals surface area contributed by atoms with E-state index >= 15 is 0 Å². The van der Waals surface area contributed by atoms with Crippen LogP contribution in [0.5, 0.6) is 0 Å². The highest BCUT2D eigenvalue weighted by Gasteiger charge is 2.08. The Morgan fingerprint density at radius 1 is 1.33 bits per heavy atom. The van der Waals surface area contributed by atoms with E-state index in [1.807, 2.05) is 25.1 Å². The Morgan fingerprint density at radius 2 is 2.06 bits per heavy atom. The third kappa shape index (κ3) is 2.96. The zero-order valence-electron chi connectivity index (χ0n) is 10.9. The summed E-state index contributed by atoms with van der Waals surface area (Å²) >= 11 is 1.63. The summed E-state index contributed by atoms with van der Waals surface area (Å²) in [6.45, 7) is 6.18. The molecular weight excluding hydrogens is 242 g/mol. The second-order valence-electron chi connectivity index (χ2n) is 4.10. The molecule has 0 atom stereocenters. The molecule has 0 saturated heterocycles. The largest absolute Gasteiger partial charge is 0.253 e. The van der Waals surface area contributed by atoms with E-state index in [1.54, 1.807) is 11.3 Å². The van der Waals surface area contributed by atoms with Crippen molar-refractivity contribution < 1.29 is 0 Å². The minimum atomic E-state index is 0.846. The van der Waals surface area contributed by atoms with Crippen molar-refractivity contribution in [2.75, 3.05) is 5.43 Å². The van der Waals surface area contributed by atoms with Gasteiger partial charge in [0.15, 0.2) is 0 Å². The number of benzene rings is 1. The molecule has 0 amide bonds. The first-order chi connectivity index (χ1) is 8.70. The number of nitrogens with zero attached hydrogens (tertiary/aromatic N) is 2. The number of hydrogen-bond donors (Lipinski definition) is 1. The Bertz CT molecular complexity index is 543. The van der Waals surface area contributed by atoms with Crippen LogP contribution in [0.15, 0.2) is 35.4 Å². The monoisotopic (exact) mass is 259 g/mol. The van der Waals surface area contributed by atoms with Crippen molar-refractivity contribution in [2.24, 2.45) is 5.10 Å². The molecule has 0 aliphatic carbocycles. The van der Waals surface area contributed by atoms with Crippen LogP contribution in [0, 0.1) is 6.92 Å². The fraction of sp³-hybridized carbons (Fsp3) is 0.286. The molecule has 0 fully saturated rings. The molecule has 0 unspecified atom stereocenters. The molecule has 0 bridgehead atoms. The minimum Gasteiger partial charge on any atom is -0.253 e. The van der Waals surface area contributed by atoms with Gasteiger partial charge < -0.3 is 0 Å². The van der Waals surface area contributed by atoms with E-state index < -0.39 is 0 Å². The first-order valence-corrected chi connectivity index (χ1v) is 6.84. The summed E-state index contributed by atoms with van der Waals surface area (Å²) in [7, 11) is 0. The Morgan fingerprint density at radius 3 is 2.72 bits per heavy atom. The lowest BCUT2D eigenvalue weighted by molar-refractivity contribution is 1.20. The van der Waals surface area contributed by atoms with Crippen LogP contribution in [0.3, 0.4) is 0 Å².